The molecular formula is C23H26N6O2. The number of nitrogens with zero attached hydrogens (tertiary/aromatic N) is 5. The summed E-state index contributed by atoms with van der Waals surface area (Å²) in [4.78, 5) is 22.4. The Hall–Kier alpha value is -3.55. The van der Waals surface area contributed by atoms with Gasteiger partial charge in [-0.1, -0.05) is 6.08 Å². The zero-order valence-electron chi connectivity index (χ0n) is 18.2. The Morgan fingerprint density at radius 1 is 1.10 bits per heavy atom. The van der Waals surface area contributed by atoms with Crippen molar-refractivity contribution in [2.45, 2.75) is 39.7 Å². The van der Waals surface area contributed by atoms with Gasteiger partial charge < -0.3 is 14.8 Å². The molecule has 0 aliphatic carbocycles. The number of anilines is 1. The van der Waals surface area contributed by atoms with Crippen LogP contribution in [-0.2, 0) is 4.74 Å². The number of benzene rings is 1. The first-order valence-corrected chi connectivity index (χ1v) is 10.3. The number of rotatable bonds is 5. The third-order valence-electron chi connectivity index (χ3n) is 5.01. The molecule has 0 saturated carbocycles. The molecule has 1 atom stereocenters. The number of allylic oxidation sites excluding steroid dienone is 2. The van der Waals surface area contributed by atoms with Crippen molar-refractivity contribution in [3.05, 3.63) is 48.2 Å². The van der Waals surface area contributed by atoms with E-state index in [0.29, 0.717) is 35.4 Å². The molecule has 1 unspecified atom stereocenters. The first-order chi connectivity index (χ1) is 15.0. The van der Waals surface area contributed by atoms with Gasteiger partial charge in [0, 0.05) is 29.0 Å². The monoisotopic (exact) mass is 418 g/mol. The Labute approximate surface area is 181 Å². The van der Waals surface area contributed by atoms with Crippen molar-refractivity contribution in [3.8, 4) is 17.1 Å². The van der Waals surface area contributed by atoms with E-state index in [1.807, 2.05) is 32.9 Å². The highest BCUT2D eigenvalue weighted by Crippen LogP contribution is 2.33. The van der Waals surface area contributed by atoms with E-state index in [4.69, 9.17) is 9.47 Å². The molecule has 4 rings (SSSR count). The van der Waals surface area contributed by atoms with Crippen LogP contribution in [0.4, 0.5) is 5.82 Å². The number of hydrogen-bond acceptors (Lipinski definition) is 8. The van der Waals surface area contributed by atoms with Gasteiger partial charge in [0.2, 0.25) is 5.90 Å². The van der Waals surface area contributed by atoms with E-state index >= 15 is 0 Å². The van der Waals surface area contributed by atoms with E-state index < -0.39 is 0 Å². The van der Waals surface area contributed by atoms with Crippen LogP contribution in [0, 0.1) is 6.92 Å². The highest BCUT2D eigenvalue weighted by atomic mass is 16.5. The minimum atomic E-state index is -0.176. The van der Waals surface area contributed by atoms with Gasteiger partial charge in [0.15, 0.2) is 5.82 Å². The number of aliphatic imine (C=N–C) groups is 1. The van der Waals surface area contributed by atoms with Crippen LogP contribution in [0.1, 0.15) is 32.3 Å². The number of ether oxygens (including phenoxy) is 2. The summed E-state index contributed by atoms with van der Waals surface area (Å²) in [6, 6.07) is 3.69. The third-order valence-corrected chi connectivity index (χ3v) is 5.01. The van der Waals surface area contributed by atoms with E-state index in [1.54, 1.807) is 19.5 Å². The third kappa shape index (κ3) is 4.63. The highest BCUT2D eigenvalue weighted by Gasteiger charge is 2.18. The van der Waals surface area contributed by atoms with Gasteiger partial charge in [-0.05, 0) is 51.3 Å². The zero-order chi connectivity index (χ0) is 21.8. The number of hydrogen-bond donors (Lipinski definition) is 1. The van der Waals surface area contributed by atoms with Crippen molar-refractivity contribution in [1.82, 2.24) is 19.9 Å². The number of methoxy groups -OCH3 is 1. The fourth-order valence-corrected chi connectivity index (χ4v) is 3.39. The molecule has 0 amide bonds. The van der Waals surface area contributed by atoms with E-state index in [9.17, 15) is 0 Å². The van der Waals surface area contributed by atoms with E-state index in [2.05, 4.69) is 36.3 Å². The molecule has 31 heavy (non-hydrogen) atoms. The summed E-state index contributed by atoms with van der Waals surface area (Å²) in [5.74, 6) is 2.56. The van der Waals surface area contributed by atoms with E-state index in [1.165, 1.54) is 6.33 Å². The van der Waals surface area contributed by atoms with Gasteiger partial charge in [-0.25, -0.2) is 24.9 Å². The molecule has 3 aromatic rings. The maximum atomic E-state index is 5.91. The molecule has 0 spiro atoms. The van der Waals surface area contributed by atoms with Gasteiger partial charge in [-0.3, -0.25) is 0 Å². The van der Waals surface area contributed by atoms with Crippen molar-refractivity contribution >= 4 is 22.6 Å². The first kappa shape index (κ1) is 20.7. The second-order valence-electron chi connectivity index (χ2n) is 7.53. The molecule has 2 aromatic heterocycles. The number of aromatic nitrogens is 4. The average Bonchev–Trinajstić information content (AvgIpc) is 2.76. The summed E-state index contributed by atoms with van der Waals surface area (Å²) in [6.45, 7) is 6.59. The lowest BCUT2D eigenvalue weighted by Gasteiger charge is -2.20. The molecular weight excluding hydrogens is 392 g/mol. The van der Waals surface area contributed by atoms with Gasteiger partial charge in [0.05, 0.1) is 13.7 Å². The Balaban J connectivity index is 1.74. The second kappa shape index (κ2) is 9.07. The van der Waals surface area contributed by atoms with Crippen molar-refractivity contribution in [2.75, 3.05) is 19.0 Å². The van der Waals surface area contributed by atoms with Crippen LogP contribution >= 0.6 is 0 Å². The average molecular weight is 419 g/mol. The van der Waals surface area contributed by atoms with Crippen LogP contribution < -0.4 is 10.1 Å². The molecule has 8 heteroatoms. The van der Waals surface area contributed by atoms with Crippen LogP contribution in [0.2, 0.25) is 0 Å². The van der Waals surface area contributed by atoms with Crippen LogP contribution in [0.15, 0.2) is 47.6 Å². The standard InChI is InChI=1S/C23H26N6O2/c1-14-11-24-21(25-12-14)17-9-18-20(19(10-17)30-4)26-13-27-22(18)29-16(3)23-28-15(2)7-5-6-8-31-23/h7,9-13,16H,5-6,8H2,1-4H3,(H,26,27,29)/b15-7+,28-23?. The van der Waals surface area contributed by atoms with Crippen molar-refractivity contribution < 1.29 is 9.47 Å². The molecule has 160 valence electrons. The highest BCUT2D eigenvalue weighted by molar-refractivity contribution is 5.97. The minimum Gasteiger partial charge on any atom is -0.494 e. The van der Waals surface area contributed by atoms with Crippen LogP contribution in [0.5, 0.6) is 5.75 Å². The summed E-state index contributed by atoms with van der Waals surface area (Å²) in [5, 5.41) is 4.24. The molecule has 0 radical (unpaired) electrons. The lowest BCUT2D eigenvalue weighted by atomic mass is 10.1. The lowest BCUT2D eigenvalue weighted by molar-refractivity contribution is 0.286. The summed E-state index contributed by atoms with van der Waals surface area (Å²) in [7, 11) is 1.62. The Kier molecular flexibility index (Phi) is 6.06. The summed E-state index contributed by atoms with van der Waals surface area (Å²) in [5.41, 5.74) is 3.49. The van der Waals surface area contributed by atoms with Gasteiger partial charge in [0.1, 0.15) is 29.5 Å². The van der Waals surface area contributed by atoms with Gasteiger partial charge in [-0.2, -0.15) is 0 Å². The molecule has 1 aliphatic rings. The molecule has 8 nitrogen and oxygen atoms in total. The summed E-state index contributed by atoms with van der Waals surface area (Å²) in [6.07, 6.45) is 9.19. The molecule has 1 aliphatic heterocycles. The predicted octanol–water partition coefficient (Wildman–Crippen LogP) is 4.32. The molecule has 1 aromatic carbocycles. The fourth-order valence-electron chi connectivity index (χ4n) is 3.39. The minimum absolute atomic E-state index is 0.176. The van der Waals surface area contributed by atoms with Gasteiger partial charge >= 0.3 is 0 Å². The lowest BCUT2D eigenvalue weighted by Crippen LogP contribution is -2.30. The second-order valence-corrected chi connectivity index (χ2v) is 7.53. The van der Waals surface area contributed by atoms with E-state index in [-0.39, 0.29) is 6.04 Å². The van der Waals surface area contributed by atoms with Crippen LogP contribution in [0.25, 0.3) is 22.3 Å². The predicted molar refractivity (Wildman–Crippen MR) is 121 cm³/mol. The first-order valence-electron chi connectivity index (χ1n) is 10.3. The SMILES string of the molecule is COc1cc(-c2ncc(C)cn2)cc2c(NC(C)C3=N/C(C)=C/CCCO3)ncnc12. The van der Waals surface area contributed by atoms with Crippen molar-refractivity contribution in [1.29, 1.82) is 0 Å². The molecule has 1 N–H and O–H groups in total. The number of nitrogens with one attached hydrogen (secondary N) is 1. The quantitative estimate of drug-likeness (QED) is 0.659. The molecule has 0 saturated heterocycles. The van der Waals surface area contributed by atoms with Crippen LogP contribution in [-0.4, -0.2) is 45.6 Å². The molecule has 3 heterocycles. The van der Waals surface area contributed by atoms with Gasteiger partial charge in [0.25, 0.3) is 0 Å². The Morgan fingerprint density at radius 2 is 1.90 bits per heavy atom. The molecule has 0 fully saturated rings. The molecule has 0 bridgehead atoms. The number of aryl methyl sites for hydroxylation is 1. The topological polar surface area (TPSA) is 94.4 Å². The maximum absolute atomic E-state index is 5.91. The van der Waals surface area contributed by atoms with E-state index in [0.717, 1.165) is 35.1 Å². The summed E-state index contributed by atoms with van der Waals surface area (Å²) >= 11 is 0. The van der Waals surface area contributed by atoms with Crippen molar-refractivity contribution in [2.24, 2.45) is 4.99 Å². The number of fused-ring (bicyclic) bond motifs is 1. The smallest absolute Gasteiger partial charge is 0.211 e. The Morgan fingerprint density at radius 3 is 2.68 bits per heavy atom. The zero-order valence-corrected chi connectivity index (χ0v) is 18.2. The largest absolute Gasteiger partial charge is 0.494 e. The van der Waals surface area contributed by atoms with Gasteiger partial charge in [-0.15, -0.1) is 0 Å². The normalized spacial score (nSPS) is 16.9. The fraction of sp³-hybridized carbons (Fsp3) is 0.348. The summed E-state index contributed by atoms with van der Waals surface area (Å²) < 4.78 is 11.5. The van der Waals surface area contributed by atoms with Crippen LogP contribution in [0.3, 0.4) is 0 Å². The maximum Gasteiger partial charge on any atom is 0.211 e. The Bertz CT molecular complexity index is 1140. The van der Waals surface area contributed by atoms with Crippen molar-refractivity contribution in [3.63, 3.8) is 0 Å².